The maximum absolute atomic E-state index is 13.2. The molecule has 114 valence electrons. The molecule has 0 aromatic heterocycles. The van der Waals surface area contributed by atoms with Crippen molar-refractivity contribution in [2.75, 3.05) is 31.2 Å². The second-order valence-corrected chi connectivity index (χ2v) is 6.25. The number of anilines is 1. The van der Waals surface area contributed by atoms with Crippen molar-refractivity contribution in [2.45, 2.75) is 39.2 Å². The molecule has 1 amide bonds. The normalized spacial score (nSPS) is 22.2. The van der Waals surface area contributed by atoms with E-state index in [-0.39, 0.29) is 5.54 Å². The van der Waals surface area contributed by atoms with Gasteiger partial charge in [-0.3, -0.25) is 14.6 Å². The molecule has 2 saturated heterocycles. The van der Waals surface area contributed by atoms with Crippen LogP contribution < -0.4 is 10.2 Å². The molecule has 4 nitrogen and oxygen atoms in total. The summed E-state index contributed by atoms with van der Waals surface area (Å²) in [7, 11) is 0. The van der Waals surface area contributed by atoms with Crippen LogP contribution in [0, 0.1) is 13.8 Å². The zero-order chi connectivity index (χ0) is 15.0. The van der Waals surface area contributed by atoms with Crippen molar-refractivity contribution in [1.29, 1.82) is 0 Å². The molecule has 2 fully saturated rings. The fourth-order valence-corrected chi connectivity index (χ4v) is 3.93. The molecular formula is C17H25N3O. The summed E-state index contributed by atoms with van der Waals surface area (Å²) in [5, 5.41) is 3.38. The van der Waals surface area contributed by atoms with Crippen molar-refractivity contribution in [2.24, 2.45) is 0 Å². The van der Waals surface area contributed by atoms with Crippen molar-refractivity contribution in [3.63, 3.8) is 0 Å². The summed E-state index contributed by atoms with van der Waals surface area (Å²) in [6, 6.07) is 6.26. The maximum atomic E-state index is 13.2. The number of amides is 1. The van der Waals surface area contributed by atoms with E-state index in [1.165, 1.54) is 11.1 Å². The van der Waals surface area contributed by atoms with Gasteiger partial charge >= 0.3 is 0 Å². The predicted molar refractivity (Wildman–Crippen MR) is 85.5 cm³/mol. The third-order valence-corrected chi connectivity index (χ3v) is 5.08. The molecule has 4 heteroatoms. The Hall–Kier alpha value is -1.39. The fraction of sp³-hybridized carbons (Fsp3) is 0.588. The van der Waals surface area contributed by atoms with Gasteiger partial charge in [0, 0.05) is 0 Å². The first-order chi connectivity index (χ1) is 10.1. The first kappa shape index (κ1) is 14.5. The minimum absolute atomic E-state index is 0.283. The minimum Gasteiger partial charge on any atom is -0.317 e. The number of rotatable bonds is 2. The van der Waals surface area contributed by atoms with Gasteiger partial charge < -0.3 is 5.32 Å². The summed E-state index contributed by atoms with van der Waals surface area (Å²) in [5.74, 6) is 0.295. The standard InChI is InChI=1S/C17H25N3O/c1-4-19-12-20(15-13(2)6-5-7-14(15)3)16(21)17(19)8-10-18-11-9-17/h5-7,18H,4,8-12H2,1-3H3. The van der Waals surface area contributed by atoms with Crippen molar-refractivity contribution < 1.29 is 4.79 Å². The molecule has 1 aromatic carbocycles. The van der Waals surface area contributed by atoms with Crippen LogP contribution in [-0.4, -0.2) is 42.6 Å². The molecule has 1 N–H and O–H groups in total. The number of aryl methyl sites for hydroxylation is 2. The van der Waals surface area contributed by atoms with Crippen LogP contribution in [0.25, 0.3) is 0 Å². The second kappa shape index (κ2) is 5.43. The van der Waals surface area contributed by atoms with Crippen LogP contribution in [0.15, 0.2) is 18.2 Å². The van der Waals surface area contributed by atoms with E-state index in [4.69, 9.17) is 0 Å². The van der Waals surface area contributed by atoms with E-state index in [2.05, 4.69) is 49.2 Å². The quantitative estimate of drug-likeness (QED) is 0.904. The van der Waals surface area contributed by atoms with Crippen LogP contribution in [0.4, 0.5) is 5.69 Å². The lowest BCUT2D eigenvalue weighted by molar-refractivity contribution is -0.126. The highest BCUT2D eigenvalue weighted by atomic mass is 16.2. The SMILES string of the molecule is CCN1CN(c2c(C)cccc2C)C(=O)C12CCNCC2. The van der Waals surface area contributed by atoms with Gasteiger partial charge in [0.2, 0.25) is 5.91 Å². The van der Waals surface area contributed by atoms with Crippen LogP contribution in [0.5, 0.6) is 0 Å². The van der Waals surface area contributed by atoms with Crippen LogP contribution in [-0.2, 0) is 4.79 Å². The van der Waals surface area contributed by atoms with Gasteiger partial charge in [0.05, 0.1) is 12.4 Å². The molecule has 0 aliphatic carbocycles. The Morgan fingerprint density at radius 1 is 1.19 bits per heavy atom. The van der Waals surface area contributed by atoms with Gasteiger partial charge in [0.25, 0.3) is 0 Å². The molecular weight excluding hydrogens is 262 g/mol. The van der Waals surface area contributed by atoms with Gasteiger partial charge in [-0.2, -0.15) is 0 Å². The second-order valence-electron chi connectivity index (χ2n) is 6.25. The molecule has 0 bridgehead atoms. The monoisotopic (exact) mass is 287 g/mol. The lowest BCUT2D eigenvalue weighted by Crippen LogP contribution is -2.55. The smallest absolute Gasteiger partial charge is 0.248 e. The Morgan fingerprint density at radius 2 is 1.81 bits per heavy atom. The van der Waals surface area contributed by atoms with E-state index < -0.39 is 0 Å². The zero-order valence-electron chi connectivity index (χ0n) is 13.3. The molecule has 1 spiro atoms. The zero-order valence-corrected chi connectivity index (χ0v) is 13.3. The first-order valence-corrected chi connectivity index (χ1v) is 7.94. The number of hydrogen-bond acceptors (Lipinski definition) is 3. The van der Waals surface area contributed by atoms with E-state index in [9.17, 15) is 4.79 Å². The van der Waals surface area contributed by atoms with Gasteiger partial charge in [0.15, 0.2) is 0 Å². The third kappa shape index (κ3) is 2.17. The number of likely N-dealkylation sites (N-methyl/N-ethyl adjacent to an activating group) is 1. The number of nitrogens with zero attached hydrogens (tertiary/aromatic N) is 2. The molecule has 2 aliphatic rings. The average Bonchev–Trinajstić information content (AvgIpc) is 2.74. The van der Waals surface area contributed by atoms with Gasteiger partial charge in [-0.25, -0.2) is 0 Å². The fourth-order valence-electron chi connectivity index (χ4n) is 3.93. The highest BCUT2D eigenvalue weighted by molar-refractivity contribution is 6.03. The van der Waals surface area contributed by atoms with Crippen molar-refractivity contribution in [3.8, 4) is 0 Å². The van der Waals surface area contributed by atoms with Crippen LogP contribution in [0.1, 0.15) is 30.9 Å². The summed E-state index contributed by atoms with van der Waals surface area (Å²) in [4.78, 5) is 17.6. The lowest BCUT2D eigenvalue weighted by Gasteiger charge is -2.38. The number of benzene rings is 1. The Bertz CT molecular complexity index is 529. The number of para-hydroxylation sites is 1. The Morgan fingerprint density at radius 3 is 2.38 bits per heavy atom. The lowest BCUT2D eigenvalue weighted by atomic mass is 9.86. The Balaban J connectivity index is 2.01. The van der Waals surface area contributed by atoms with E-state index in [1.54, 1.807) is 0 Å². The summed E-state index contributed by atoms with van der Waals surface area (Å²) in [5.41, 5.74) is 3.20. The topological polar surface area (TPSA) is 35.6 Å². The molecule has 1 aromatic rings. The number of nitrogens with one attached hydrogen (secondary N) is 1. The molecule has 2 aliphatic heterocycles. The number of carbonyl (C=O) groups excluding carboxylic acids is 1. The van der Waals surface area contributed by atoms with E-state index in [0.717, 1.165) is 44.8 Å². The molecule has 0 saturated carbocycles. The largest absolute Gasteiger partial charge is 0.317 e. The molecule has 0 unspecified atom stereocenters. The Kier molecular flexibility index (Phi) is 3.76. The minimum atomic E-state index is -0.283. The molecule has 2 heterocycles. The van der Waals surface area contributed by atoms with Gasteiger partial charge in [-0.05, 0) is 57.5 Å². The molecule has 0 radical (unpaired) electrons. The third-order valence-electron chi connectivity index (χ3n) is 5.08. The number of carbonyl (C=O) groups is 1. The van der Waals surface area contributed by atoms with Crippen molar-refractivity contribution in [3.05, 3.63) is 29.3 Å². The molecule has 0 atom stereocenters. The number of piperidine rings is 1. The van der Waals surface area contributed by atoms with Gasteiger partial charge in [0.1, 0.15) is 5.54 Å². The van der Waals surface area contributed by atoms with Gasteiger partial charge in [-0.1, -0.05) is 25.1 Å². The molecule has 3 rings (SSSR count). The van der Waals surface area contributed by atoms with Gasteiger partial charge in [-0.15, -0.1) is 0 Å². The molecule has 21 heavy (non-hydrogen) atoms. The van der Waals surface area contributed by atoms with Crippen molar-refractivity contribution in [1.82, 2.24) is 10.2 Å². The van der Waals surface area contributed by atoms with E-state index in [1.807, 2.05) is 4.90 Å². The highest BCUT2D eigenvalue weighted by Gasteiger charge is 2.52. The summed E-state index contributed by atoms with van der Waals surface area (Å²) >= 11 is 0. The summed E-state index contributed by atoms with van der Waals surface area (Å²) in [6.07, 6.45) is 1.84. The highest BCUT2D eigenvalue weighted by Crippen LogP contribution is 2.38. The maximum Gasteiger partial charge on any atom is 0.248 e. The summed E-state index contributed by atoms with van der Waals surface area (Å²) < 4.78 is 0. The van der Waals surface area contributed by atoms with E-state index in [0.29, 0.717) is 5.91 Å². The predicted octanol–water partition coefficient (Wildman–Crippen LogP) is 2.05. The average molecular weight is 287 g/mol. The van der Waals surface area contributed by atoms with Crippen LogP contribution >= 0.6 is 0 Å². The van der Waals surface area contributed by atoms with E-state index >= 15 is 0 Å². The van der Waals surface area contributed by atoms with Crippen LogP contribution in [0.2, 0.25) is 0 Å². The Labute approximate surface area is 127 Å². The number of hydrogen-bond donors (Lipinski definition) is 1. The van der Waals surface area contributed by atoms with Crippen molar-refractivity contribution >= 4 is 11.6 Å². The van der Waals surface area contributed by atoms with Crippen LogP contribution in [0.3, 0.4) is 0 Å². The summed E-state index contributed by atoms with van der Waals surface area (Å²) in [6.45, 7) is 9.86. The first-order valence-electron chi connectivity index (χ1n) is 7.94.